The van der Waals surface area contributed by atoms with E-state index in [0.29, 0.717) is 6.61 Å². The molecule has 0 N–H and O–H groups in total. The van der Waals surface area contributed by atoms with Crippen LogP contribution < -0.4 is 4.74 Å². The lowest BCUT2D eigenvalue weighted by Crippen LogP contribution is -1.96. The average molecular weight is 185 g/mol. The molecule has 0 aliphatic rings. The Hall–Kier alpha value is -1.65. The summed E-state index contributed by atoms with van der Waals surface area (Å²) < 4.78 is 17.8. The number of hydrogen-bond donors (Lipinski definition) is 0. The molecule has 0 atom stereocenters. The van der Waals surface area contributed by atoms with Gasteiger partial charge >= 0.3 is 0 Å². The number of non-ortho nitro benzene ring substituents is 1. The minimum Gasteiger partial charge on any atom is -0.491 e. The number of benzene rings is 1. The first kappa shape index (κ1) is 9.44. The van der Waals surface area contributed by atoms with E-state index in [1.807, 2.05) is 0 Å². The van der Waals surface area contributed by atoms with Crippen molar-refractivity contribution in [2.24, 2.45) is 0 Å². The van der Waals surface area contributed by atoms with Crippen molar-refractivity contribution in [3.63, 3.8) is 0 Å². The molecule has 0 spiro atoms. The summed E-state index contributed by atoms with van der Waals surface area (Å²) in [5, 5.41) is 10.2. The van der Waals surface area contributed by atoms with Gasteiger partial charge in [0.1, 0.15) is 0 Å². The zero-order valence-corrected chi connectivity index (χ0v) is 6.99. The van der Waals surface area contributed by atoms with Gasteiger partial charge in [-0.15, -0.1) is 0 Å². The summed E-state index contributed by atoms with van der Waals surface area (Å²) >= 11 is 0. The molecule has 70 valence electrons. The molecular formula is C8H8FNO3. The minimum absolute atomic E-state index is 0.0353. The first-order valence-electron chi connectivity index (χ1n) is 3.72. The second-order valence-electron chi connectivity index (χ2n) is 2.30. The SMILES string of the molecule is CCOc1ccc([N+](=O)[O-])cc1F. The van der Waals surface area contributed by atoms with Crippen molar-refractivity contribution in [1.29, 1.82) is 0 Å². The van der Waals surface area contributed by atoms with E-state index in [9.17, 15) is 14.5 Å². The third-order valence-electron chi connectivity index (χ3n) is 1.43. The monoisotopic (exact) mass is 185 g/mol. The average Bonchev–Trinajstić information content (AvgIpc) is 2.08. The standard InChI is InChI=1S/C8H8FNO3/c1-2-13-8-4-3-6(10(11)12)5-7(8)9/h3-5H,2H2,1H3. The first-order chi connectivity index (χ1) is 6.15. The molecule has 0 bridgehead atoms. The maximum absolute atomic E-state index is 13.0. The van der Waals surface area contributed by atoms with Crippen LogP contribution in [0.25, 0.3) is 0 Å². The van der Waals surface area contributed by atoms with Crippen molar-refractivity contribution < 1.29 is 14.1 Å². The third kappa shape index (κ3) is 2.14. The van der Waals surface area contributed by atoms with Gasteiger partial charge in [0, 0.05) is 6.07 Å². The van der Waals surface area contributed by atoms with E-state index in [4.69, 9.17) is 4.74 Å². The Morgan fingerprint density at radius 2 is 2.31 bits per heavy atom. The predicted octanol–water partition coefficient (Wildman–Crippen LogP) is 2.13. The van der Waals surface area contributed by atoms with Crippen molar-refractivity contribution in [2.75, 3.05) is 6.61 Å². The van der Waals surface area contributed by atoms with Gasteiger partial charge in [0.25, 0.3) is 5.69 Å². The molecule has 4 nitrogen and oxygen atoms in total. The van der Waals surface area contributed by atoms with E-state index in [0.717, 1.165) is 6.07 Å². The molecule has 0 saturated carbocycles. The van der Waals surface area contributed by atoms with Crippen LogP contribution >= 0.6 is 0 Å². The van der Waals surface area contributed by atoms with Crippen LogP contribution in [-0.4, -0.2) is 11.5 Å². The summed E-state index contributed by atoms with van der Waals surface area (Å²) in [7, 11) is 0. The fraction of sp³-hybridized carbons (Fsp3) is 0.250. The van der Waals surface area contributed by atoms with Gasteiger partial charge < -0.3 is 4.74 Å². The fourth-order valence-electron chi connectivity index (χ4n) is 0.876. The Kier molecular flexibility index (Phi) is 2.79. The van der Waals surface area contributed by atoms with Crippen molar-refractivity contribution in [3.05, 3.63) is 34.1 Å². The van der Waals surface area contributed by atoms with E-state index in [-0.39, 0.29) is 11.4 Å². The van der Waals surface area contributed by atoms with Crippen LogP contribution in [0.3, 0.4) is 0 Å². The molecule has 1 aromatic rings. The number of halogens is 1. The lowest BCUT2D eigenvalue weighted by Gasteiger charge is -2.02. The van der Waals surface area contributed by atoms with Gasteiger partial charge in [0.05, 0.1) is 17.6 Å². The molecule has 0 saturated heterocycles. The second-order valence-corrected chi connectivity index (χ2v) is 2.30. The van der Waals surface area contributed by atoms with Crippen LogP contribution in [0.4, 0.5) is 10.1 Å². The Morgan fingerprint density at radius 3 is 2.77 bits per heavy atom. The van der Waals surface area contributed by atoms with Crippen molar-refractivity contribution >= 4 is 5.69 Å². The Bertz CT molecular complexity index is 327. The van der Waals surface area contributed by atoms with Crippen molar-refractivity contribution in [1.82, 2.24) is 0 Å². The topological polar surface area (TPSA) is 52.4 Å². The number of ether oxygens (including phenoxy) is 1. The largest absolute Gasteiger partial charge is 0.491 e. The molecule has 0 fully saturated rings. The maximum Gasteiger partial charge on any atom is 0.272 e. The Balaban J connectivity index is 2.98. The normalized spacial score (nSPS) is 9.69. The molecule has 0 aliphatic carbocycles. The summed E-state index contributed by atoms with van der Waals surface area (Å²) in [6.07, 6.45) is 0. The van der Waals surface area contributed by atoms with Crippen LogP contribution in [0, 0.1) is 15.9 Å². The van der Waals surface area contributed by atoms with E-state index < -0.39 is 10.7 Å². The molecule has 1 rings (SSSR count). The Labute approximate surface area is 74.1 Å². The molecule has 0 radical (unpaired) electrons. The highest BCUT2D eigenvalue weighted by Crippen LogP contribution is 2.22. The lowest BCUT2D eigenvalue weighted by molar-refractivity contribution is -0.385. The van der Waals surface area contributed by atoms with Crippen LogP contribution in [0.5, 0.6) is 5.75 Å². The zero-order valence-electron chi connectivity index (χ0n) is 6.99. The highest BCUT2D eigenvalue weighted by atomic mass is 19.1. The quantitative estimate of drug-likeness (QED) is 0.535. The lowest BCUT2D eigenvalue weighted by atomic mass is 10.3. The summed E-state index contributed by atoms with van der Waals surface area (Å²) in [6, 6.07) is 3.29. The molecule has 5 heteroatoms. The third-order valence-corrected chi connectivity index (χ3v) is 1.43. The zero-order chi connectivity index (χ0) is 9.84. The molecule has 13 heavy (non-hydrogen) atoms. The van der Waals surface area contributed by atoms with Gasteiger partial charge in [0.2, 0.25) is 0 Å². The number of hydrogen-bond acceptors (Lipinski definition) is 3. The van der Waals surface area contributed by atoms with E-state index >= 15 is 0 Å². The smallest absolute Gasteiger partial charge is 0.272 e. The van der Waals surface area contributed by atoms with E-state index in [2.05, 4.69) is 0 Å². The number of nitrogens with zero attached hydrogens (tertiary/aromatic N) is 1. The molecule has 0 unspecified atom stereocenters. The molecule has 0 aliphatic heterocycles. The molecule has 0 aromatic heterocycles. The molecule has 1 aromatic carbocycles. The van der Waals surface area contributed by atoms with Crippen LogP contribution in [0.2, 0.25) is 0 Å². The first-order valence-corrected chi connectivity index (χ1v) is 3.72. The summed E-state index contributed by atoms with van der Waals surface area (Å²) in [4.78, 5) is 9.57. The van der Waals surface area contributed by atoms with Gasteiger partial charge in [-0.1, -0.05) is 0 Å². The van der Waals surface area contributed by atoms with Crippen LogP contribution in [0.1, 0.15) is 6.92 Å². The number of nitro benzene ring substituents is 1. The number of rotatable bonds is 3. The van der Waals surface area contributed by atoms with Crippen molar-refractivity contribution in [3.8, 4) is 5.75 Å². The highest BCUT2D eigenvalue weighted by molar-refractivity contribution is 5.37. The van der Waals surface area contributed by atoms with Crippen LogP contribution in [0.15, 0.2) is 18.2 Å². The number of nitro groups is 1. The van der Waals surface area contributed by atoms with Crippen molar-refractivity contribution in [2.45, 2.75) is 6.92 Å². The molecule has 0 heterocycles. The van der Waals surface area contributed by atoms with Gasteiger partial charge in [0.15, 0.2) is 11.6 Å². The maximum atomic E-state index is 13.0. The van der Waals surface area contributed by atoms with Crippen LogP contribution in [-0.2, 0) is 0 Å². The summed E-state index contributed by atoms with van der Waals surface area (Å²) in [5.74, 6) is -0.677. The van der Waals surface area contributed by atoms with Gasteiger partial charge in [-0.05, 0) is 13.0 Å². The summed E-state index contributed by atoms with van der Waals surface area (Å²) in [5.41, 5.74) is -0.277. The van der Waals surface area contributed by atoms with Gasteiger partial charge in [-0.2, -0.15) is 0 Å². The van der Waals surface area contributed by atoms with E-state index in [1.54, 1.807) is 6.92 Å². The van der Waals surface area contributed by atoms with Gasteiger partial charge in [-0.3, -0.25) is 10.1 Å². The summed E-state index contributed by atoms with van der Waals surface area (Å²) in [6.45, 7) is 2.04. The fourth-order valence-corrected chi connectivity index (χ4v) is 0.876. The molecular weight excluding hydrogens is 177 g/mol. The predicted molar refractivity (Wildman–Crippen MR) is 44.2 cm³/mol. The van der Waals surface area contributed by atoms with E-state index in [1.165, 1.54) is 12.1 Å². The molecule has 0 amide bonds. The Morgan fingerprint density at radius 1 is 1.62 bits per heavy atom. The van der Waals surface area contributed by atoms with Gasteiger partial charge in [-0.25, -0.2) is 4.39 Å². The highest BCUT2D eigenvalue weighted by Gasteiger charge is 2.10. The second kappa shape index (κ2) is 3.84. The minimum atomic E-state index is -0.712.